The largest absolute Gasteiger partial charge is 0.283 e. The quantitative estimate of drug-likeness (QED) is 0.383. The number of carbonyl (C=O) groups is 2. The van der Waals surface area contributed by atoms with E-state index in [0.717, 1.165) is 36.2 Å². The van der Waals surface area contributed by atoms with E-state index in [9.17, 15) is 14.4 Å². The van der Waals surface area contributed by atoms with Crippen molar-refractivity contribution in [3.8, 4) is 5.69 Å². The Morgan fingerprint density at radius 2 is 1.59 bits per heavy atom. The van der Waals surface area contributed by atoms with Gasteiger partial charge in [0.05, 0.1) is 34.1 Å². The molecule has 7 nitrogen and oxygen atoms in total. The van der Waals surface area contributed by atoms with Gasteiger partial charge in [-0.15, -0.1) is 0 Å². The van der Waals surface area contributed by atoms with Crippen molar-refractivity contribution < 1.29 is 9.59 Å². The lowest BCUT2D eigenvalue weighted by atomic mass is 9.75. The lowest BCUT2D eigenvalue weighted by Crippen LogP contribution is -2.51. The van der Waals surface area contributed by atoms with Crippen molar-refractivity contribution in [2.45, 2.75) is 31.3 Å². The molecule has 8 rings (SSSR count). The van der Waals surface area contributed by atoms with Gasteiger partial charge in [-0.05, 0) is 56.1 Å². The van der Waals surface area contributed by atoms with Crippen molar-refractivity contribution in [1.82, 2.24) is 14.5 Å². The first kappa shape index (κ1) is 21.0. The van der Waals surface area contributed by atoms with Gasteiger partial charge < -0.3 is 0 Å². The predicted octanol–water partition coefficient (Wildman–Crippen LogP) is 3.53. The summed E-state index contributed by atoms with van der Waals surface area (Å²) in [6.07, 6.45) is 1.77. The van der Waals surface area contributed by atoms with Crippen LogP contribution in [0.5, 0.6) is 0 Å². The fourth-order valence-corrected chi connectivity index (χ4v) is 7.67. The fourth-order valence-electron chi connectivity index (χ4n) is 7.67. The van der Waals surface area contributed by atoms with Crippen LogP contribution in [-0.2, 0) is 15.1 Å². The molecule has 7 heteroatoms. The van der Waals surface area contributed by atoms with E-state index in [4.69, 9.17) is 4.98 Å². The first-order chi connectivity index (χ1) is 18.0. The molecule has 1 aromatic heterocycles. The molecule has 3 saturated heterocycles. The molecule has 37 heavy (non-hydrogen) atoms. The van der Waals surface area contributed by atoms with Crippen LogP contribution in [0.15, 0.2) is 77.6 Å². The van der Waals surface area contributed by atoms with E-state index in [1.54, 1.807) is 10.6 Å². The Morgan fingerprint density at radius 3 is 2.43 bits per heavy atom. The van der Waals surface area contributed by atoms with Crippen LogP contribution in [0.25, 0.3) is 16.6 Å². The zero-order valence-electron chi connectivity index (χ0n) is 20.3. The van der Waals surface area contributed by atoms with Gasteiger partial charge in [-0.25, -0.2) is 9.88 Å². The van der Waals surface area contributed by atoms with Gasteiger partial charge in [-0.1, -0.05) is 48.5 Å². The van der Waals surface area contributed by atoms with Crippen molar-refractivity contribution in [3.63, 3.8) is 0 Å². The molecule has 0 N–H and O–H groups in total. The van der Waals surface area contributed by atoms with Crippen molar-refractivity contribution in [2.24, 2.45) is 11.8 Å². The molecule has 182 valence electrons. The lowest BCUT2D eigenvalue weighted by Gasteiger charge is -2.38. The average Bonchev–Trinajstić information content (AvgIpc) is 3.62. The summed E-state index contributed by atoms with van der Waals surface area (Å²) < 4.78 is 1.70. The Kier molecular flexibility index (Phi) is 3.99. The van der Waals surface area contributed by atoms with E-state index in [2.05, 4.69) is 4.90 Å². The highest BCUT2D eigenvalue weighted by molar-refractivity contribution is 6.23. The molecule has 4 atom stereocenters. The Hall–Kier alpha value is -4.10. The number of nitrogens with zero attached hydrogens (tertiary/aromatic N) is 4. The summed E-state index contributed by atoms with van der Waals surface area (Å²) >= 11 is 0. The van der Waals surface area contributed by atoms with Gasteiger partial charge in [0.2, 0.25) is 11.8 Å². The maximum absolute atomic E-state index is 14.5. The first-order valence-electron chi connectivity index (χ1n) is 12.9. The SMILES string of the molecule is Cc1ccccc1N1C(=O)[C@@H]2[C@H]3CCCN3[C@]3(c4ccccc4-n4c3nc3ccccc3c4=O)[C@@H]2C1=O. The lowest BCUT2D eigenvalue weighted by molar-refractivity contribution is -0.124. The molecular formula is C30H24N4O3. The highest BCUT2D eigenvalue weighted by Gasteiger charge is 2.73. The molecule has 4 aliphatic rings. The second-order valence-electron chi connectivity index (χ2n) is 10.6. The van der Waals surface area contributed by atoms with Gasteiger partial charge in [0.1, 0.15) is 11.4 Å². The molecule has 3 aromatic carbocycles. The zero-order chi connectivity index (χ0) is 25.1. The molecule has 5 heterocycles. The summed E-state index contributed by atoms with van der Waals surface area (Å²) in [6, 6.07) is 22.6. The number of carbonyl (C=O) groups excluding carboxylic acids is 2. The van der Waals surface area contributed by atoms with E-state index in [1.165, 1.54) is 4.90 Å². The van der Waals surface area contributed by atoms with E-state index in [1.807, 2.05) is 73.7 Å². The van der Waals surface area contributed by atoms with Gasteiger partial charge in [-0.2, -0.15) is 0 Å². The molecule has 0 unspecified atom stereocenters. The van der Waals surface area contributed by atoms with Crippen LogP contribution in [0.2, 0.25) is 0 Å². The summed E-state index contributed by atoms with van der Waals surface area (Å²) in [4.78, 5) is 51.4. The fraction of sp³-hybridized carbons (Fsp3) is 0.267. The molecular weight excluding hydrogens is 464 g/mol. The summed E-state index contributed by atoms with van der Waals surface area (Å²) in [5.41, 5.74) is 2.66. The minimum absolute atomic E-state index is 0.0848. The van der Waals surface area contributed by atoms with Crippen LogP contribution >= 0.6 is 0 Å². The number of rotatable bonds is 1. The number of fused-ring (bicyclic) bond motifs is 11. The number of anilines is 1. The smallest absolute Gasteiger partial charge is 0.266 e. The van der Waals surface area contributed by atoms with Crippen molar-refractivity contribution >= 4 is 28.4 Å². The van der Waals surface area contributed by atoms with Gasteiger partial charge in [0.15, 0.2) is 0 Å². The van der Waals surface area contributed by atoms with Crippen LogP contribution in [0, 0.1) is 18.8 Å². The zero-order valence-corrected chi connectivity index (χ0v) is 20.3. The van der Waals surface area contributed by atoms with Crippen LogP contribution in [0.1, 0.15) is 29.8 Å². The molecule has 0 radical (unpaired) electrons. The maximum Gasteiger partial charge on any atom is 0.266 e. The number of imide groups is 1. The van der Waals surface area contributed by atoms with Crippen molar-refractivity contribution in [2.75, 3.05) is 11.4 Å². The number of aryl methyl sites for hydroxylation is 1. The third-order valence-corrected chi connectivity index (χ3v) is 9.00. The van der Waals surface area contributed by atoms with Crippen LogP contribution < -0.4 is 10.5 Å². The number of aromatic nitrogens is 2. The number of para-hydroxylation sites is 3. The minimum atomic E-state index is -0.976. The normalized spacial score (nSPS) is 27.7. The number of hydrogen-bond acceptors (Lipinski definition) is 5. The molecule has 4 aromatic rings. The molecule has 0 saturated carbocycles. The van der Waals surface area contributed by atoms with E-state index in [0.29, 0.717) is 22.4 Å². The molecule has 3 fully saturated rings. The second kappa shape index (κ2) is 7.01. The topological polar surface area (TPSA) is 75.5 Å². The maximum atomic E-state index is 14.5. The standard InChI is InChI=1S/C30H24N4O3/c1-17-9-2-6-13-21(17)33-27(36)24-23-15-8-16-32(23)30(25(24)28(33)37)19-11-4-7-14-22(19)34-26(35)18-10-3-5-12-20(18)31-29(30)34/h2-7,9-14,23-25H,8,15-16H2,1H3/t23-,24-,25+,30-/m1/s1. The molecule has 1 spiro atoms. The second-order valence-corrected chi connectivity index (χ2v) is 10.6. The summed E-state index contributed by atoms with van der Waals surface area (Å²) in [5.74, 6) is -0.934. The molecule has 2 amide bonds. The van der Waals surface area contributed by atoms with Gasteiger partial charge in [-0.3, -0.25) is 23.9 Å². The van der Waals surface area contributed by atoms with Crippen LogP contribution in [-0.4, -0.2) is 38.9 Å². The number of hydrogen-bond donors (Lipinski definition) is 0. The number of benzene rings is 3. The van der Waals surface area contributed by atoms with Crippen molar-refractivity contribution in [1.29, 1.82) is 0 Å². The molecule has 0 aliphatic carbocycles. The number of amides is 2. The van der Waals surface area contributed by atoms with Gasteiger partial charge in [0.25, 0.3) is 5.56 Å². The molecule has 0 bridgehead atoms. The van der Waals surface area contributed by atoms with E-state index >= 15 is 0 Å². The Labute approximate surface area is 213 Å². The van der Waals surface area contributed by atoms with Gasteiger partial charge in [0, 0.05) is 11.6 Å². The average molecular weight is 489 g/mol. The Balaban J connectivity index is 1.46. The van der Waals surface area contributed by atoms with E-state index in [-0.39, 0.29) is 23.4 Å². The highest BCUT2D eigenvalue weighted by atomic mass is 16.2. The minimum Gasteiger partial charge on any atom is -0.283 e. The van der Waals surface area contributed by atoms with E-state index < -0.39 is 17.4 Å². The monoisotopic (exact) mass is 488 g/mol. The van der Waals surface area contributed by atoms with Gasteiger partial charge >= 0.3 is 0 Å². The Bertz CT molecular complexity index is 1740. The summed E-state index contributed by atoms with van der Waals surface area (Å²) in [5, 5.41) is 0.543. The third-order valence-electron chi connectivity index (χ3n) is 9.00. The predicted molar refractivity (Wildman–Crippen MR) is 138 cm³/mol. The van der Waals surface area contributed by atoms with Crippen LogP contribution in [0.3, 0.4) is 0 Å². The summed E-state index contributed by atoms with van der Waals surface area (Å²) in [7, 11) is 0. The summed E-state index contributed by atoms with van der Waals surface area (Å²) in [6.45, 7) is 2.68. The van der Waals surface area contributed by atoms with Crippen LogP contribution in [0.4, 0.5) is 5.69 Å². The molecule has 4 aliphatic heterocycles. The third kappa shape index (κ3) is 2.32. The Morgan fingerprint density at radius 1 is 0.865 bits per heavy atom. The first-order valence-corrected chi connectivity index (χ1v) is 12.9. The highest BCUT2D eigenvalue weighted by Crippen LogP contribution is 2.62. The van der Waals surface area contributed by atoms with Crippen molar-refractivity contribution in [3.05, 3.63) is 100 Å².